The number of aromatic nitrogens is 2. The van der Waals surface area contributed by atoms with Crippen LogP contribution in [-0.2, 0) is 17.8 Å². The van der Waals surface area contributed by atoms with Gasteiger partial charge in [0.05, 0.1) is 10.9 Å². The van der Waals surface area contributed by atoms with Gasteiger partial charge in [-0.2, -0.15) is 0 Å². The Hall–Kier alpha value is -3.48. The van der Waals surface area contributed by atoms with Gasteiger partial charge >= 0.3 is 0 Å². The van der Waals surface area contributed by atoms with E-state index in [0.717, 1.165) is 31.5 Å². The molecule has 0 atom stereocenters. The summed E-state index contributed by atoms with van der Waals surface area (Å²) >= 11 is 0. The second kappa shape index (κ2) is 8.49. The minimum atomic E-state index is -0.331. The number of amides is 1. The van der Waals surface area contributed by atoms with Crippen LogP contribution in [0.15, 0.2) is 47.3 Å². The van der Waals surface area contributed by atoms with E-state index in [1.165, 1.54) is 6.92 Å². The Morgan fingerprint density at radius 2 is 1.90 bits per heavy atom. The third-order valence-corrected chi connectivity index (χ3v) is 5.23. The fourth-order valence-electron chi connectivity index (χ4n) is 3.62. The van der Waals surface area contributed by atoms with Crippen molar-refractivity contribution < 1.29 is 14.3 Å². The molecule has 30 heavy (non-hydrogen) atoms. The lowest BCUT2D eigenvalue weighted by atomic mass is 10.1. The van der Waals surface area contributed by atoms with Gasteiger partial charge in [-0.3, -0.25) is 19.0 Å². The molecule has 1 aromatic heterocycles. The topological polar surface area (TPSA) is 90.3 Å². The molecule has 7 nitrogen and oxygen atoms in total. The second-order valence-corrected chi connectivity index (χ2v) is 7.44. The van der Waals surface area contributed by atoms with Crippen molar-refractivity contribution in [2.45, 2.75) is 39.2 Å². The Kier molecular flexibility index (Phi) is 5.61. The lowest BCUT2D eigenvalue weighted by molar-refractivity contribution is -0.118. The van der Waals surface area contributed by atoms with E-state index in [2.05, 4.69) is 10.3 Å². The molecule has 0 aliphatic carbocycles. The first-order chi connectivity index (χ1) is 14.5. The lowest BCUT2D eigenvalue weighted by Gasteiger charge is -2.11. The van der Waals surface area contributed by atoms with E-state index < -0.39 is 0 Å². The van der Waals surface area contributed by atoms with Crippen LogP contribution in [-0.4, -0.2) is 27.8 Å². The van der Waals surface area contributed by atoms with Crippen LogP contribution in [0.4, 0.5) is 5.69 Å². The van der Waals surface area contributed by atoms with Gasteiger partial charge in [0, 0.05) is 24.2 Å². The van der Waals surface area contributed by atoms with Crippen LogP contribution in [0.25, 0.3) is 10.9 Å². The number of benzene rings is 2. The highest BCUT2D eigenvalue weighted by atomic mass is 16.5. The number of nitrogens with zero attached hydrogens (tertiary/aromatic N) is 2. The molecule has 1 amide bonds. The maximum Gasteiger partial charge on any atom is 0.262 e. The monoisotopic (exact) mass is 405 g/mol. The molecule has 0 fully saturated rings. The third-order valence-electron chi connectivity index (χ3n) is 5.23. The highest BCUT2D eigenvalue weighted by Crippen LogP contribution is 2.20. The van der Waals surface area contributed by atoms with Gasteiger partial charge in [-0.1, -0.05) is 6.42 Å². The third kappa shape index (κ3) is 4.25. The summed E-state index contributed by atoms with van der Waals surface area (Å²) in [5.41, 5.74) is 1.75. The number of carbonyl (C=O) groups excluding carboxylic acids is 2. The summed E-state index contributed by atoms with van der Waals surface area (Å²) in [5.74, 6) is 0.920. The highest BCUT2D eigenvalue weighted by Gasteiger charge is 2.14. The zero-order valence-electron chi connectivity index (χ0n) is 16.8. The normalized spacial score (nSPS) is 13.4. The van der Waals surface area contributed by atoms with E-state index in [4.69, 9.17) is 4.74 Å². The SMILES string of the molecule is CC(=O)c1ccc(NC(=O)COc2ccc3nc4n(c(=O)c3c2)CCCCC4)cc1. The lowest BCUT2D eigenvalue weighted by Crippen LogP contribution is -2.24. The van der Waals surface area contributed by atoms with Crippen molar-refractivity contribution in [3.05, 3.63) is 64.2 Å². The number of nitrogens with one attached hydrogen (secondary N) is 1. The predicted molar refractivity (Wildman–Crippen MR) is 114 cm³/mol. The molecule has 0 unspecified atom stereocenters. The Morgan fingerprint density at radius 1 is 1.10 bits per heavy atom. The number of rotatable bonds is 5. The quantitative estimate of drug-likeness (QED) is 0.658. The van der Waals surface area contributed by atoms with Crippen LogP contribution in [0.2, 0.25) is 0 Å². The van der Waals surface area contributed by atoms with E-state index in [1.54, 1.807) is 47.0 Å². The smallest absolute Gasteiger partial charge is 0.262 e. The Labute approximate surface area is 173 Å². The van der Waals surface area contributed by atoms with Gasteiger partial charge in [-0.05, 0) is 62.2 Å². The first kappa shape index (κ1) is 19.8. The van der Waals surface area contributed by atoms with Crippen LogP contribution in [0.3, 0.4) is 0 Å². The predicted octanol–water partition coefficient (Wildman–Crippen LogP) is 3.34. The standard InChI is InChI=1S/C23H23N3O4/c1-15(27)16-6-8-17(9-7-16)24-22(28)14-30-18-10-11-20-19(13-18)23(29)26-12-4-2-3-5-21(26)25-20/h6-11,13H,2-5,12,14H2,1H3,(H,24,28). The minimum Gasteiger partial charge on any atom is -0.484 e. The number of hydrogen-bond donors (Lipinski definition) is 1. The second-order valence-electron chi connectivity index (χ2n) is 7.44. The fourth-order valence-corrected chi connectivity index (χ4v) is 3.62. The molecule has 154 valence electrons. The number of aryl methyl sites for hydroxylation is 1. The number of carbonyl (C=O) groups is 2. The van der Waals surface area contributed by atoms with Gasteiger partial charge in [-0.15, -0.1) is 0 Å². The van der Waals surface area contributed by atoms with Crippen molar-refractivity contribution in [3.8, 4) is 5.75 Å². The van der Waals surface area contributed by atoms with E-state index in [1.807, 2.05) is 0 Å². The van der Waals surface area contributed by atoms with Crippen molar-refractivity contribution in [1.29, 1.82) is 0 Å². The first-order valence-electron chi connectivity index (χ1n) is 10.1. The molecule has 1 N–H and O–H groups in total. The number of anilines is 1. The molecular formula is C23H23N3O4. The Bertz CT molecular complexity index is 1170. The maximum atomic E-state index is 12.9. The molecule has 0 bridgehead atoms. The average Bonchev–Trinajstić information content (AvgIpc) is 2.99. The van der Waals surface area contributed by atoms with Crippen molar-refractivity contribution >= 4 is 28.3 Å². The van der Waals surface area contributed by atoms with E-state index in [0.29, 0.717) is 34.4 Å². The van der Waals surface area contributed by atoms with Gasteiger partial charge in [0.2, 0.25) is 0 Å². The average molecular weight is 405 g/mol. The molecule has 0 saturated carbocycles. The number of ketones is 1. The Balaban J connectivity index is 1.46. The zero-order chi connectivity index (χ0) is 21.1. The van der Waals surface area contributed by atoms with Crippen LogP contribution < -0.4 is 15.6 Å². The number of hydrogen-bond acceptors (Lipinski definition) is 5. The Morgan fingerprint density at radius 3 is 2.67 bits per heavy atom. The molecule has 0 radical (unpaired) electrons. The molecule has 4 rings (SSSR count). The summed E-state index contributed by atoms with van der Waals surface area (Å²) < 4.78 is 7.35. The number of ether oxygens (including phenoxy) is 1. The van der Waals surface area contributed by atoms with Crippen molar-refractivity contribution in [3.63, 3.8) is 0 Å². The zero-order valence-corrected chi connectivity index (χ0v) is 16.8. The van der Waals surface area contributed by atoms with Gasteiger partial charge in [0.15, 0.2) is 12.4 Å². The minimum absolute atomic E-state index is 0.0326. The van der Waals surface area contributed by atoms with Gasteiger partial charge < -0.3 is 10.1 Å². The summed E-state index contributed by atoms with van der Waals surface area (Å²) in [7, 11) is 0. The van der Waals surface area contributed by atoms with Crippen LogP contribution in [0.5, 0.6) is 5.75 Å². The number of Topliss-reactive ketones (excluding diaryl/α,β-unsaturated/α-hetero) is 1. The fraction of sp³-hybridized carbons (Fsp3) is 0.304. The molecule has 2 aromatic carbocycles. The summed E-state index contributed by atoms with van der Waals surface area (Å²) in [5, 5.41) is 3.22. The molecule has 1 aliphatic rings. The van der Waals surface area contributed by atoms with Crippen LogP contribution in [0, 0.1) is 0 Å². The van der Waals surface area contributed by atoms with Crippen molar-refractivity contribution in [1.82, 2.24) is 9.55 Å². The van der Waals surface area contributed by atoms with Crippen LogP contribution in [0.1, 0.15) is 42.4 Å². The molecular weight excluding hydrogens is 382 g/mol. The van der Waals surface area contributed by atoms with Gasteiger partial charge in [-0.25, -0.2) is 4.98 Å². The van der Waals surface area contributed by atoms with E-state index in [-0.39, 0.29) is 23.9 Å². The summed E-state index contributed by atoms with van der Waals surface area (Å²) in [6.07, 6.45) is 3.94. The first-order valence-corrected chi connectivity index (χ1v) is 10.1. The van der Waals surface area contributed by atoms with Gasteiger partial charge in [0.25, 0.3) is 11.5 Å². The van der Waals surface area contributed by atoms with Gasteiger partial charge in [0.1, 0.15) is 11.6 Å². The molecule has 1 aliphatic heterocycles. The molecule has 7 heteroatoms. The summed E-state index contributed by atoms with van der Waals surface area (Å²) in [6.45, 7) is 1.98. The molecule has 0 saturated heterocycles. The van der Waals surface area contributed by atoms with Crippen LogP contribution >= 0.6 is 0 Å². The summed E-state index contributed by atoms with van der Waals surface area (Å²) in [4.78, 5) is 41.0. The van der Waals surface area contributed by atoms with Crippen molar-refractivity contribution in [2.24, 2.45) is 0 Å². The summed E-state index contributed by atoms with van der Waals surface area (Å²) in [6, 6.07) is 11.8. The molecule has 2 heterocycles. The van der Waals surface area contributed by atoms with Crippen molar-refractivity contribution in [2.75, 3.05) is 11.9 Å². The highest BCUT2D eigenvalue weighted by molar-refractivity contribution is 5.96. The molecule has 0 spiro atoms. The number of fused-ring (bicyclic) bond motifs is 2. The van der Waals surface area contributed by atoms with E-state index >= 15 is 0 Å². The largest absolute Gasteiger partial charge is 0.484 e. The molecule has 3 aromatic rings. The van der Waals surface area contributed by atoms with E-state index in [9.17, 15) is 14.4 Å². The maximum absolute atomic E-state index is 12.9.